The van der Waals surface area contributed by atoms with Crippen molar-refractivity contribution in [3.8, 4) is 0 Å². The van der Waals surface area contributed by atoms with E-state index in [4.69, 9.17) is 40.4 Å². The fourth-order valence-corrected chi connectivity index (χ4v) is 13.7. The zero-order valence-electron chi connectivity index (χ0n) is 38.1. The number of hydrogen-bond donors (Lipinski definition) is 10. The van der Waals surface area contributed by atoms with E-state index in [0.29, 0.717) is 19.3 Å². The topological polar surface area (TPSA) is 329 Å². The number of rotatable bonds is 27. The lowest BCUT2D eigenvalue weighted by atomic mass is 9.69. The van der Waals surface area contributed by atoms with Gasteiger partial charge in [0.2, 0.25) is 0 Å². The number of halogens is 9. The second-order valence-electron chi connectivity index (χ2n) is 19.3. The van der Waals surface area contributed by atoms with E-state index in [0.717, 1.165) is 0 Å². The van der Waals surface area contributed by atoms with Crippen LogP contribution in [0.1, 0.15) is 110 Å². The molecule has 0 bridgehead atoms. The highest BCUT2D eigenvalue weighted by Crippen LogP contribution is 2.50. The summed E-state index contributed by atoms with van der Waals surface area (Å²) in [4.78, 5) is 23.8. The van der Waals surface area contributed by atoms with Crippen molar-refractivity contribution in [3.05, 3.63) is 0 Å². The molecule has 3 saturated carbocycles. The van der Waals surface area contributed by atoms with Crippen molar-refractivity contribution in [1.82, 2.24) is 0 Å². The predicted octanol–water partition coefficient (Wildman–Crippen LogP) is 5.13. The zero-order chi connectivity index (χ0) is 52.8. The van der Waals surface area contributed by atoms with Gasteiger partial charge >= 0.3 is 30.5 Å². The Morgan fingerprint density at radius 2 is 1.01 bits per heavy atom. The van der Waals surface area contributed by atoms with E-state index in [1.165, 1.54) is 6.92 Å². The van der Waals surface area contributed by atoms with Crippen LogP contribution < -0.4 is 11.5 Å². The smallest absolute Gasteiger partial charge is 0.417 e. The Hall–Kier alpha value is -2.12. The van der Waals surface area contributed by atoms with Crippen LogP contribution in [0.15, 0.2) is 0 Å². The van der Waals surface area contributed by atoms with Crippen LogP contribution in [0.2, 0.25) is 0 Å². The van der Waals surface area contributed by atoms with Gasteiger partial charge in [-0.05, 0) is 89.4 Å². The number of nitrogens with two attached hydrogens (primary N) is 2. The predicted molar refractivity (Wildman–Crippen MR) is 233 cm³/mol. The summed E-state index contributed by atoms with van der Waals surface area (Å²) in [5, 5.41) is 51.6. The molecule has 3 aliphatic carbocycles. The molecule has 29 heteroatoms. The molecular formula is C40H68F9N5O12S3. The summed E-state index contributed by atoms with van der Waals surface area (Å²) in [6.45, 7) is 1.31. The molecule has 12 atom stereocenters. The molecule has 0 radical (unpaired) electrons. The van der Waals surface area contributed by atoms with Gasteiger partial charge in [0.25, 0.3) is 0 Å². The normalized spacial score (nSPS) is 27.9. The van der Waals surface area contributed by atoms with Crippen LogP contribution in [0, 0.1) is 38.0 Å². The SMILES string of the molecule is C[C@@H](CCS(=N)(=O)CCC(O)(C1CCCCC1)C(F)(F)F)C(=O)OC1CCC(C(O)(CCS(=N)(=O)CC[C@H](N)C(O)OC2CC(C(O)(CCS(=N)(=O)CC[C@H](N)C(=O)O)C(F)(F)F)C2)C(F)(F)F)C1. The van der Waals surface area contributed by atoms with Crippen LogP contribution >= 0.6 is 0 Å². The van der Waals surface area contributed by atoms with Gasteiger partial charge in [-0.25, -0.2) is 12.6 Å². The number of aliphatic hydroxyl groups is 4. The quantitative estimate of drug-likeness (QED) is 0.0290. The molecule has 0 saturated heterocycles. The third-order valence-electron chi connectivity index (χ3n) is 14.1. The molecule has 0 aromatic heterocycles. The molecule has 3 rings (SSSR count). The number of hydrogen-bond acceptors (Lipinski definition) is 16. The molecule has 3 aliphatic rings. The molecule has 9 unspecified atom stereocenters. The molecule has 0 aliphatic heterocycles. The van der Waals surface area contributed by atoms with Gasteiger partial charge in [0.15, 0.2) is 23.1 Å². The number of esters is 1. The molecular weight excluding hydrogens is 1010 g/mol. The van der Waals surface area contributed by atoms with Crippen molar-refractivity contribution in [2.75, 3.05) is 34.5 Å². The molecule has 0 amide bonds. The van der Waals surface area contributed by atoms with Crippen LogP contribution in [-0.2, 0) is 48.2 Å². The lowest BCUT2D eigenvalue weighted by Crippen LogP contribution is -2.58. The standard InChI is InChI=1S/C40H68F9N5O12S3/c1-24(9-15-67(52,62)18-12-35(59,38(41,42)43)25-5-3-2-4-6-25)33(57)65-28-8-7-26(21-28)36(60,39(44,45)46)13-19-69(54,64)17-11-31(51)34(58)66-29-22-27(23-29)37(61,40(47,48)49)14-20-68(53,63)16-10-30(50)32(55)56/h24-31,34,52-54,58-61H,2-23,50-51H2,1H3,(H,55,56)/t24-,26?,27?,28?,29?,30-,31-,34?,35?,36?,37?,67?,68?,69?/m0/s1. The number of alkyl halides is 9. The Morgan fingerprint density at radius 1 is 0.609 bits per heavy atom. The van der Waals surface area contributed by atoms with Gasteiger partial charge in [0.1, 0.15) is 12.1 Å². The summed E-state index contributed by atoms with van der Waals surface area (Å²) in [6, 6.07) is -2.96. The Kier molecular flexibility index (Phi) is 20.7. The molecule has 17 nitrogen and oxygen atoms in total. The van der Waals surface area contributed by atoms with E-state index in [9.17, 15) is 82.2 Å². The maximum atomic E-state index is 14.5. The van der Waals surface area contributed by atoms with Gasteiger partial charge in [-0.15, -0.1) is 0 Å². The highest BCUT2D eigenvalue weighted by Gasteiger charge is 2.62. The maximum absolute atomic E-state index is 14.5. The first-order valence-electron chi connectivity index (χ1n) is 22.7. The minimum absolute atomic E-state index is 0.122. The minimum atomic E-state index is -5.32. The van der Waals surface area contributed by atoms with Gasteiger partial charge in [-0.1, -0.05) is 26.2 Å². The second kappa shape index (κ2) is 23.4. The second-order valence-corrected chi connectivity index (χ2v) is 26.6. The number of aliphatic carboxylic acids is 1. The van der Waals surface area contributed by atoms with Crippen molar-refractivity contribution < 1.29 is 96.7 Å². The Bertz CT molecular complexity index is 2060. The Balaban J connectivity index is 1.48. The lowest BCUT2D eigenvalue weighted by molar-refractivity contribution is -0.303. The number of nitrogens with one attached hydrogen (secondary N) is 3. The van der Waals surface area contributed by atoms with Gasteiger partial charge in [0, 0.05) is 75.5 Å². The van der Waals surface area contributed by atoms with Gasteiger partial charge < -0.3 is 46.5 Å². The fraction of sp³-hybridized carbons (Fsp3) is 0.950. The third kappa shape index (κ3) is 16.7. The van der Waals surface area contributed by atoms with E-state index < -0.39 is 217 Å². The Labute approximate surface area is 396 Å². The molecule has 0 heterocycles. The lowest BCUT2D eigenvalue weighted by Gasteiger charge is -2.47. The molecule has 69 heavy (non-hydrogen) atoms. The first-order chi connectivity index (χ1) is 31.3. The monoisotopic (exact) mass is 1080 g/mol. The van der Waals surface area contributed by atoms with E-state index in [2.05, 4.69) is 0 Å². The van der Waals surface area contributed by atoms with Gasteiger partial charge in [-0.3, -0.25) is 23.9 Å². The Morgan fingerprint density at radius 3 is 1.46 bits per heavy atom. The van der Waals surface area contributed by atoms with Gasteiger partial charge in [0.05, 0.1) is 18.1 Å². The fourth-order valence-electron chi connectivity index (χ4n) is 9.10. The van der Waals surface area contributed by atoms with Crippen LogP contribution in [0.25, 0.3) is 0 Å². The number of carbonyl (C=O) groups excluding carboxylic acids is 1. The van der Waals surface area contributed by atoms with E-state index in [1.807, 2.05) is 0 Å². The molecule has 0 aromatic carbocycles. The largest absolute Gasteiger partial charge is 0.480 e. The van der Waals surface area contributed by atoms with Crippen molar-refractivity contribution in [2.45, 2.75) is 176 Å². The molecule has 12 N–H and O–H groups in total. The molecule has 3 fully saturated rings. The number of aliphatic hydroxyl groups excluding tert-OH is 1. The molecule has 0 spiro atoms. The average molecular weight is 1080 g/mol. The third-order valence-corrected chi connectivity index (χ3v) is 19.4. The van der Waals surface area contributed by atoms with Crippen LogP contribution in [-0.4, -0.2) is 151 Å². The number of carboxylic acid groups (broad SMARTS) is 1. The number of ether oxygens (including phenoxy) is 2. The summed E-state index contributed by atoms with van der Waals surface area (Å²) in [7, 11) is -11.5. The first-order valence-corrected chi connectivity index (χ1v) is 28.3. The van der Waals surface area contributed by atoms with Crippen molar-refractivity contribution in [1.29, 1.82) is 14.3 Å². The zero-order valence-corrected chi connectivity index (χ0v) is 40.6. The summed E-state index contributed by atoms with van der Waals surface area (Å²) in [6.07, 6.45) is -24.4. The first kappa shape index (κ1) is 61.2. The van der Waals surface area contributed by atoms with E-state index in [1.54, 1.807) is 0 Å². The minimum Gasteiger partial charge on any atom is -0.480 e. The number of carboxylic acids is 1. The highest BCUT2D eigenvalue weighted by atomic mass is 32.2. The highest BCUT2D eigenvalue weighted by molar-refractivity contribution is 7.92. The molecule has 406 valence electrons. The summed E-state index contributed by atoms with van der Waals surface area (Å²) in [5.41, 5.74) is 1.12. The maximum Gasteiger partial charge on any atom is 0.417 e. The number of carbonyl (C=O) groups is 2. The summed E-state index contributed by atoms with van der Waals surface area (Å²) in [5.74, 6) is -12.3. The average Bonchev–Trinajstić information content (AvgIpc) is 3.70. The van der Waals surface area contributed by atoms with Crippen molar-refractivity contribution in [3.63, 3.8) is 0 Å². The van der Waals surface area contributed by atoms with Crippen molar-refractivity contribution in [2.24, 2.45) is 35.1 Å². The van der Waals surface area contributed by atoms with E-state index in [-0.39, 0.29) is 32.1 Å². The van der Waals surface area contributed by atoms with Crippen LogP contribution in [0.5, 0.6) is 0 Å². The summed E-state index contributed by atoms with van der Waals surface area (Å²) < 4.78 is 201. The van der Waals surface area contributed by atoms with Crippen molar-refractivity contribution >= 4 is 41.1 Å². The van der Waals surface area contributed by atoms with Crippen LogP contribution in [0.3, 0.4) is 0 Å². The van der Waals surface area contributed by atoms with Gasteiger partial charge in [-0.2, -0.15) is 39.5 Å². The van der Waals surface area contributed by atoms with E-state index >= 15 is 0 Å². The summed E-state index contributed by atoms with van der Waals surface area (Å²) >= 11 is 0. The molecule has 0 aromatic rings. The van der Waals surface area contributed by atoms with Crippen LogP contribution in [0.4, 0.5) is 39.5 Å².